The molecule has 1 N–H and O–H groups in total. The third-order valence-corrected chi connectivity index (χ3v) is 2.11. The Morgan fingerprint density at radius 2 is 2.00 bits per heavy atom. The van der Waals surface area contributed by atoms with Gasteiger partial charge in [0, 0.05) is 0 Å². The number of rotatable bonds is 0. The summed E-state index contributed by atoms with van der Waals surface area (Å²) in [6.45, 7) is 2.02. The van der Waals surface area contributed by atoms with Crippen molar-refractivity contribution in [1.82, 2.24) is 0 Å². The van der Waals surface area contributed by atoms with Gasteiger partial charge in [-0.25, -0.2) is 0 Å². The third kappa shape index (κ3) is 0.889. The fourth-order valence-electron chi connectivity index (χ4n) is 1.53. The summed E-state index contributed by atoms with van der Waals surface area (Å²) >= 11 is 0. The van der Waals surface area contributed by atoms with Crippen molar-refractivity contribution in [3.63, 3.8) is 0 Å². The number of aliphatic hydroxyl groups is 1. The lowest BCUT2D eigenvalue weighted by atomic mass is 10.1. The van der Waals surface area contributed by atoms with E-state index in [1.807, 2.05) is 37.3 Å². The van der Waals surface area contributed by atoms with Gasteiger partial charge >= 0.3 is 0 Å². The highest BCUT2D eigenvalue weighted by atomic mass is 16.3. The number of fused-ring (bicyclic) bond motifs is 1. The summed E-state index contributed by atoms with van der Waals surface area (Å²) in [5.74, 6) is 0. The molecule has 1 atom stereocenters. The zero-order chi connectivity index (χ0) is 7.84. The lowest BCUT2D eigenvalue weighted by Gasteiger charge is -2.01. The van der Waals surface area contributed by atoms with Crippen LogP contribution >= 0.6 is 0 Å². The number of hydrogen-bond acceptors (Lipinski definition) is 1. The van der Waals surface area contributed by atoms with E-state index in [4.69, 9.17) is 0 Å². The van der Waals surface area contributed by atoms with E-state index >= 15 is 0 Å². The number of hydrogen-bond donors (Lipinski definition) is 1. The van der Waals surface area contributed by atoms with E-state index in [-0.39, 0.29) is 6.10 Å². The number of allylic oxidation sites excluding steroid dienone is 1. The zero-order valence-electron chi connectivity index (χ0n) is 6.41. The average molecular weight is 146 g/mol. The SMILES string of the molecule is CC1=CC(O)c2ccccc21. The van der Waals surface area contributed by atoms with Crippen LogP contribution < -0.4 is 0 Å². The van der Waals surface area contributed by atoms with Crippen LogP contribution in [0.15, 0.2) is 30.3 Å². The van der Waals surface area contributed by atoms with Crippen molar-refractivity contribution < 1.29 is 5.11 Å². The Bertz CT molecular complexity index is 312. The molecule has 0 aliphatic heterocycles. The van der Waals surface area contributed by atoms with Gasteiger partial charge in [-0.05, 0) is 29.7 Å². The molecule has 1 aromatic rings. The molecule has 0 spiro atoms. The van der Waals surface area contributed by atoms with Crippen LogP contribution in [0.4, 0.5) is 0 Å². The highest BCUT2D eigenvalue weighted by Gasteiger charge is 2.16. The van der Waals surface area contributed by atoms with E-state index < -0.39 is 0 Å². The minimum absolute atomic E-state index is 0.383. The molecule has 0 bridgehead atoms. The largest absolute Gasteiger partial charge is 0.384 e. The van der Waals surface area contributed by atoms with E-state index in [1.54, 1.807) is 0 Å². The molecule has 1 aliphatic rings. The first kappa shape index (κ1) is 6.62. The smallest absolute Gasteiger partial charge is 0.0983 e. The Hall–Kier alpha value is -1.08. The molecule has 0 heterocycles. The highest BCUT2D eigenvalue weighted by molar-refractivity contribution is 5.72. The van der Waals surface area contributed by atoms with Crippen LogP contribution in [0.5, 0.6) is 0 Å². The molecule has 0 saturated carbocycles. The molecule has 1 aromatic carbocycles. The van der Waals surface area contributed by atoms with Gasteiger partial charge in [-0.2, -0.15) is 0 Å². The van der Waals surface area contributed by atoms with Gasteiger partial charge in [0.15, 0.2) is 0 Å². The lowest BCUT2D eigenvalue weighted by molar-refractivity contribution is 0.232. The number of benzene rings is 1. The van der Waals surface area contributed by atoms with Crippen molar-refractivity contribution in [2.75, 3.05) is 0 Å². The van der Waals surface area contributed by atoms with Crippen molar-refractivity contribution in [2.24, 2.45) is 0 Å². The molecule has 0 saturated heterocycles. The van der Waals surface area contributed by atoms with Crippen LogP contribution in [0.3, 0.4) is 0 Å². The first-order valence-electron chi connectivity index (χ1n) is 3.75. The van der Waals surface area contributed by atoms with E-state index in [0.29, 0.717) is 0 Å². The first-order chi connectivity index (χ1) is 5.29. The second-order valence-corrected chi connectivity index (χ2v) is 2.88. The maximum Gasteiger partial charge on any atom is 0.0983 e. The summed E-state index contributed by atoms with van der Waals surface area (Å²) in [6.07, 6.45) is 1.50. The molecule has 0 fully saturated rings. The Morgan fingerprint density at radius 1 is 1.27 bits per heavy atom. The van der Waals surface area contributed by atoms with Crippen LogP contribution in [0.25, 0.3) is 5.57 Å². The van der Waals surface area contributed by atoms with E-state index in [2.05, 4.69) is 0 Å². The lowest BCUT2D eigenvalue weighted by Crippen LogP contribution is -1.88. The molecule has 0 amide bonds. The van der Waals surface area contributed by atoms with Crippen molar-refractivity contribution in [3.05, 3.63) is 41.5 Å². The van der Waals surface area contributed by atoms with Gasteiger partial charge in [0.1, 0.15) is 0 Å². The van der Waals surface area contributed by atoms with Gasteiger partial charge in [0.2, 0.25) is 0 Å². The maximum absolute atomic E-state index is 9.48. The summed E-state index contributed by atoms with van der Waals surface area (Å²) in [7, 11) is 0. The standard InChI is InChI=1S/C10H10O/c1-7-6-10(11)9-5-3-2-4-8(7)9/h2-6,10-11H,1H3. The summed E-state index contributed by atoms with van der Waals surface area (Å²) in [4.78, 5) is 0. The fourth-order valence-corrected chi connectivity index (χ4v) is 1.53. The minimum Gasteiger partial charge on any atom is -0.384 e. The molecular weight excluding hydrogens is 136 g/mol. The van der Waals surface area contributed by atoms with Crippen LogP contribution in [-0.2, 0) is 0 Å². The van der Waals surface area contributed by atoms with Crippen molar-refractivity contribution in [1.29, 1.82) is 0 Å². The van der Waals surface area contributed by atoms with Gasteiger partial charge < -0.3 is 5.11 Å². The zero-order valence-corrected chi connectivity index (χ0v) is 6.41. The van der Waals surface area contributed by atoms with Gasteiger partial charge in [-0.3, -0.25) is 0 Å². The average Bonchev–Trinajstić information content (AvgIpc) is 2.30. The van der Waals surface area contributed by atoms with Gasteiger partial charge in [-0.1, -0.05) is 24.3 Å². The molecular formula is C10H10O. The van der Waals surface area contributed by atoms with Crippen molar-refractivity contribution in [2.45, 2.75) is 13.0 Å². The highest BCUT2D eigenvalue weighted by Crippen LogP contribution is 2.33. The Morgan fingerprint density at radius 3 is 2.73 bits per heavy atom. The summed E-state index contributed by atoms with van der Waals surface area (Å²) in [5.41, 5.74) is 3.39. The molecule has 1 unspecified atom stereocenters. The van der Waals surface area contributed by atoms with Crippen molar-refractivity contribution in [3.8, 4) is 0 Å². The molecule has 0 aromatic heterocycles. The predicted octanol–water partition coefficient (Wildman–Crippen LogP) is 2.14. The minimum atomic E-state index is -0.383. The maximum atomic E-state index is 9.48. The number of aliphatic hydroxyl groups excluding tert-OH is 1. The summed E-state index contributed by atoms with van der Waals surface area (Å²) in [6, 6.07) is 7.95. The second-order valence-electron chi connectivity index (χ2n) is 2.88. The third-order valence-electron chi connectivity index (χ3n) is 2.11. The van der Waals surface area contributed by atoms with E-state index in [1.165, 1.54) is 11.1 Å². The van der Waals surface area contributed by atoms with Gasteiger partial charge in [0.05, 0.1) is 6.10 Å². The van der Waals surface area contributed by atoms with Crippen LogP contribution in [-0.4, -0.2) is 5.11 Å². The summed E-state index contributed by atoms with van der Waals surface area (Å²) in [5, 5.41) is 9.48. The van der Waals surface area contributed by atoms with E-state index in [9.17, 15) is 5.11 Å². The monoisotopic (exact) mass is 146 g/mol. The van der Waals surface area contributed by atoms with Crippen LogP contribution in [0.1, 0.15) is 24.2 Å². The molecule has 1 heteroatoms. The quantitative estimate of drug-likeness (QED) is 0.594. The molecule has 0 radical (unpaired) electrons. The fraction of sp³-hybridized carbons (Fsp3) is 0.200. The Kier molecular flexibility index (Phi) is 1.33. The molecule has 1 aliphatic carbocycles. The summed E-state index contributed by atoms with van der Waals surface area (Å²) < 4.78 is 0. The Labute approximate surface area is 66.0 Å². The molecule has 2 rings (SSSR count). The van der Waals surface area contributed by atoms with E-state index in [0.717, 1.165) is 5.56 Å². The molecule has 1 nitrogen and oxygen atoms in total. The second kappa shape index (κ2) is 2.21. The molecule has 56 valence electrons. The van der Waals surface area contributed by atoms with Crippen LogP contribution in [0, 0.1) is 0 Å². The van der Waals surface area contributed by atoms with Crippen LogP contribution in [0.2, 0.25) is 0 Å². The first-order valence-corrected chi connectivity index (χ1v) is 3.75. The van der Waals surface area contributed by atoms with Gasteiger partial charge in [-0.15, -0.1) is 0 Å². The Balaban J connectivity index is 2.62. The topological polar surface area (TPSA) is 20.2 Å². The van der Waals surface area contributed by atoms with Gasteiger partial charge in [0.25, 0.3) is 0 Å². The van der Waals surface area contributed by atoms with Crippen molar-refractivity contribution >= 4 is 5.57 Å². The normalized spacial score (nSPS) is 21.3. The molecule has 11 heavy (non-hydrogen) atoms. The predicted molar refractivity (Wildman–Crippen MR) is 45.1 cm³/mol.